The van der Waals surface area contributed by atoms with Crippen LogP contribution < -0.4 is 14.8 Å². The summed E-state index contributed by atoms with van der Waals surface area (Å²) in [6.07, 6.45) is 4.39. The molecule has 0 saturated heterocycles. The molecule has 0 spiro atoms. The largest absolute Gasteiger partial charge is 0.497 e. The van der Waals surface area contributed by atoms with Gasteiger partial charge in [-0.15, -0.1) is 0 Å². The third kappa shape index (κ3) is 6.87. The van der Waals surface area contributed by atoms with Gasteiger partial charge in [0.05, 0.1) is 26.3 Å². The molecule has 10 nitrogen and oxygen atoms in total. The molecule has 1 aromatic carbocycles. The summed E-state index contributed by atoms with van der Waals surface area (Å²) >= 11 is 0. The molecule has 3 heterocycles. The number of aliphatic hydroxyl groups excluding tert-OH is 1. The second-order valence-corrected chi connectivity index (χ2v) is 9.73. The molecule has 3 amide bonds. The summed E-state index contributed by atoms with van der Waals surface area (Å²) in [7, 11) is 3.24. The van der Waals surface area contributed by atoms with Gasteiger partial charge in [0.1, 0.15) is 17.4 Å². The smallest absolute Gasteiger partial charge is 0.321 e. The minimum atomic E-state index is -0.484. The molecule has 4 rings (SSSR count). The van der Waals surface area contributed by atoms with Gasteiger partial charge in [-0.05, 0) is 37.3 Å². The van der Waals surface area contributed by atoms with Crippen LogP contribution in [0.4, 0.5) is 10.5 Å². The number of nitrogens with zero attached hydrogens (tertiary/aromatic N) is 4. The number of hydrogen-bond donors (Lipinski definition) is 2. The van der Waals surface area contributed by atoms with Gasteiger partial charge in [-0.1, -0.05) is 24.8 Å². The average molecular weight is 544 g/mol. The van der Waals surface area contributed by atoms with Crippen molar-refractivity contribution in [3.63, 3.8) is 0 Å². The first-order valence-corrected chi connectivity index (χ1v) is 13.0. The highest BCUT2D eigenvalue weighted by Gasteiger charge is 2.34. The number of amides is 3. The molecular formula is C30H33N5O5. The number of aromatic nitrogens is 2. The first-order valence-electron chi connectivity index (χ1n) is 13.0. The van der Waals surface area contributed by atoms with Crippen LogP contribution >= 0.6 is 0 Å². The lowest BCUT2D eigenvalue weighted by atomic mass is 10.00. The van der Waals surface area contributed by atoms with E-state index in [4.69, 9.17) is 9.47 Å². The molecule has 10 heteroatoms. The lowest BCUT2D eigenvalue weighted by Gasteiger charge is -2.37. The molecule has 0 unspecified atom stereocenters. The van der Waals surface area contributed by atoms with E-state index in [0.29, 0.717) is 23.5 Å². The van der Waals surface area contributed by atoms with E-state index in [1.165, 1.54) is 4.90 Å². The number of likely N-dealkylation sites (N-methyl/N-ethyl adjacent to an activating group) is 1. The van der Waals surface area contributed by atoms with Crippen molar-refractivity contribution >= 4 is 17.6 Å². The zero-order chi connectivity index (χ0) is 28.6. The molecule has 0 aliphatic carbocycles. The monoisotopic (exact) mass is 543 g/mol. The molecule has 1 aliphatic heterocycles. The molecule has 0 fully saturated rings. The van der Waals surface area contributed by atoms with Crippen LogP contribution in [0.2, 0.25) is 0 Å². The van der Waals surface area contributed by atoms with Gasteiger partial charge < -0.3 is 29.7 Å². The van der Waals surface area contributed by atoms with Crippen LogP contribution in [0.1, 0.15) is 35.3 Å². The molecular weight excluding hydrogens is 510 g/mol. The fourth-order valence-electron chi connectivity index (χ4n) is 4.24. The maximum absolute atomic E-state index is 13.6. The Balaban J connectivity index is 1.59. The van der Waals surface area contributed by atoms with Gasteiger partial charge >= 0.3 is 6.03 Å². The molecule has 1 aliphatic rings. The second-order valence-electron chi connectivity index (χ2n) is 9.73. The van der Waals surface area contributed by atoms with E-state index in [1.807, 2.05) is 6.92 Å². The highest BCUT2D eigenvalue weighted by atomic mass is 16.5. The Morgan fingerprint density at radius 1 is 1.25 bits per heavy atom. The first kappa shape index (κ1) is 28.4. The third-order valence-electron chi connectivity index (χ3n) is 6.67. The molecule has 0 bridgehead atoms. The van der Waals surface area contributed by atoms with Gasteiger partial charge in [-0.2, -0.15) is 0 Å². The van der Waals surface area contributed by atoms with Crippen molar-refractivity contribution in [3.05, 3.63) is 77.7 Å². The standard InChI is InChI=1S/C30H33N5O5/c1-20-17-35(21(2)19-36)29(37)26-14-23(9-8-22-10-12-31-13-11-22)16-32-28(26)40-27(20)18-34(3)30(38)33-24-6-5-7-25(15-24)39-4/h5-7,10-16,20-21,27,36H,17-19H2,1-4H3,(H,33,38)/t20-,21+,27-/m0/s1. The van der Waals surface area contributed by atoms with E-state index in [9.17, 15) is 14.7 Å². The minimum absolute atomic E-state index is 0.160. The summed E-state index contributed by atoms with van der Waals surface area (Å²) in [6.45, 7) is 4.09. The maximum Gasteiger partial charge on any atom is 0.321 e. The topological polar surface area (TPSA) is 117 Å². The van der Waals surface area contributed by atoms with Crippen LogP contribution in [-0.2, 0) is 0 Å². The zero-order valence-electron chi connectivity index (χ0n) is 23.0. The van der Waals surface area contributed by atoms with Crippen LogP contribution in [-0.4, -0.2) is 82.8 Å². The summed E-state index contributed by atoms with van der Waals surface area (Å²) in [5.74, 6) is 6.40. The molecule has 40 heavy (non-hydrogen) atoms. The summed E-state index contributed by atoms with van der Waals surface area (Å²) in [5, 5.41) is 12.8. The Morgan fingerprint density at radius 3 is 2.73 bits per heavy atom. The number of hydrogen-bond acceptors (Lipinski definition) is 7. The molecule has 208 valence electrons. The van der Waals surface area contributed by atoms with Crippen molar-refractivity contribution < 1.29 is 24.2 Å². The fourth-order valence-corrected chi connectivity index (χ4v) is 4.24. The van der Waals surface area contributed by atoms with Crippen LogP contribution in [0, 0.1) is 17.8 Å². The number of methoxy groups -OCH3 is 1. The molecule has 0 saturated carbocycles. The number of carbonyl (C=O) groups excluding carboxylic acids is 2. The maximum atomic E-state index is 13.6. The summed E-state index contributed by atoms with van der Waals surface area (Å²) in [4.78, 5) is 38.2. The van der Waals surface area contributed by atoms with Gasteiger partial charge in [0.2, 0.25) is 5.88 Å². The number of benzene rings is 1. The Kier molecular flexibility index (Phi) is 9.19. The van der Waals surface area contributed by atoms with Crippen molar-refractivity contribution in [1.29, 1.82) is 0 Å². The Bertz CT molecular complexity index is 1400. The number of pyridine rings is 2. The van der Waals surface area contributed by atoms with Crippen LogP contribution in [0.3, 0.4) is 0 Å². The van der Waals surface area contributed by atoms with E-state index in [0.717, 1.165) is 5.56 Å². The third-order valence-corrected chi connectivity index (χ3v) is 6.67. The minimum Gasteiger partial charge on any atom is -0.497 e. The fraction of sp³-hybridized carbons (Fsp3) is 0.333. The van der Waals surface area contributed by atoms with E-state index in [-0.39, 0.29) is 42.5 Å². The van der Waals surface area contributed by atoms with Crippen molar-refractivity contribution in [1.82, 2.24) is 19.8 Å². The molecule has 0 radical (unpaired) electrons. The van der Waals surface area contributed by atoms with Crippen LogP contribution in [0.15, 0.2) is 61.1 Å². The molecule has 3 aromatic rings. The van der Waals surface area contributed by atoms with Crippen molar-refractivity contribution in [3.8, 4) is 23.5 Å². The van der Waals surface area contributed by atoms with E-state index < -0.39 is 12.1 Å². The molecule has 2 N–H and O–H groups in total. The number of carbonyl (C=O) groups is 2. The van der Waals surface area contributed by atoms with Crippen molar-refractivity contribution in [2.45, 2.75) is 26.0 Å². The molecule has 2 aromatic heterocycles. The lowest BCUT2D eigenvalue weighted by Crippen LogP contribution is -2.50. The summed E-state index contributed by atoms with van der Waals surface area (Å²) < 4.78 is 11.5. The highest BCUT2D eigenvalue weighted by Crippen LogP contribution is 2.27. The predicted octanol–water partition coefficient (Wildman–Crippen LogP) is 3.27. The second kappa shape index (κ2) is 13.0. The number of ether oxygens (including phenoxy) is 2. The number of aliphatic hydroxyl groups is 1. The van der Waals surface area contributed by atoms with Crippen LogP contribution in [0.25, 0.3) is 0 Å². The van der Waals surface area contributed by atoms with Gasteiger partial charge in [0.15, 0.2) is 0 Å². The van der Waals surface area contributed by atoms with E-state index in [2.05, 4.69) is 27.1 Å². The van der Waals surface area contributed by atoms with E-state index >= 15 is 0 Å². The van der Waals surface area contributed by atoms with Gasteiger partial charge in [-0.25, -0.2) is 9.78 Å². The number of rotatable bonds is 6. The Hall–Kier alpha value is -4.62. The van der Waals surface area contributed by atoms with Crippen LogP contribution in [0.5, 0.6) is 11.6 Å². The lowest BCUT2D eigenvalue weighted by molar-refractivity contribution is 0.0356. The quantitative estimate of drug-likeness (QED) is 0.459. The summed E-state index contributed by atoms with van der Waals surface area (Å²) in [5.41, 5.74) is 2.18. The average Bonchev–Trinajstić information content (AvgIpc) is 2.98. The normalized spacial score (nSPS) is 17.2. The van der Waals surface area contributed by atoms with Gasteiger partial charge in [-0.3, -0.25) is 9.78 Å². The Labute approximate surface area is 234 Å². The predicted molar refractivity (Wildman–Crippen MR) is 150 cm³/mol. The Morgan fingerprint density at radius 2 is 2.00 bits per heavy atom. The SMILES string of the molecule is COc1cccc(NC(=O)N(C)C[C@@H]2Oc3ncc(C#Cc4ccncc4)cc3C(=O)N([C@H](C)CO)C[C@@H]2C)c1. The van der Waals surface area contributed by atoms with Gasteiger partial charge in [0, 0.05) is 61.0 Å². The van der Waals surface area contributed by atoms with Gasteiger partial charge in [0.25, 0.3) is 5.91 Å². The zero-order valence-corrected chi connectivity index (χ0v) is 23.0. The number of fused-ring (bicyclic) bond motifs is 1. The first-order chi connectivity index (χ1) is 19.3. The van der Waals surface area contributed by atoms with Crippen molar-refractivity contribution in [2.75, 3.05) is 39.2 Å². The number of urea groups is 1. The number of nitrogens with one attached hydrogen (secondary N) is 1. The molecule has 3 atom stereocenters. The van der Waals surface area contributed by atoms with Crippen molar-refractivity contribution in [2.24, 2.45) is 5.92 Å². The summed E-state index contributed by atoms with van der Waals surface area (Å²) in [6, 6.07) is 11.6. The number of anilines is 1. The van der Waals surface area contributed by atoms with E-state index in [1.54, 1.807) is 87.0 Å². The highest BCUT2D eigenvalue weighted by molar-refractivity contribution is 5.97.